The summed E-state index contributed by atoms with van der Waals surface area (Å²) in [7, 11) is 0. The first-order valence-corrected chi connectivity index (χ1v) is 7.02. The van der Waals surface area contributed by atoms with Gasteiger partial charge in [-0.3, -0.25) is 14.4 Å². The number of rotatable bonds is 5. The molecule has 0 aromatic carbocycles. The number of hydrogen-bond donors (Lipinski definition) is 0. The van der Waals surface area contributed by atoms with Crippen LogP contribution in [0.25, 0.3) is 0 Å². The van der Waals surface area contributed by atoms with Crippen molar-refractivity contribution in [1.29, 1.82) is 0 Å². The van der Waals surface area contributed by atoms with E-state index in [0.717, 1.165) is 26.1 Å². The summed E-state index contributed by atoms with van der Waals surface area (Å²) in [6, 6.07) is 0. The number of Topliss-reactive ketones (excluding diaryl/α,β-unsaturated/α-hetero) is 1. The lowest BCUT2D eigenvalue weighted by Gasteiger charge is -2.41. The Morgan fingerprint density at radius 1 is 1.42 bits per heavy atom. The second-order valence-electron chi connectivity index (χ2n) is 5.14. The van der Waals surface area contributed by atoms with Gasteiger partial charge in [-0.15, -0.1) is 0 Å². The van der Waals surface area contributed by atoms with E-state index in [9.17, 15) is 4.79 Å². The van der Waals surface area contributed by atoms with E-state index in [1.165, 1.54) is 0 Å². The molecule has 0 aliphatic carbocycles. The van der Waals surface area contributed by atoms with Gasteiger partial charge in [0.2, 0.25) is 0 Å². The maximum absolute atomic E-state index is 12.8. The number of morpholine rings is 1. The van der Waals surface area contributed by atoms with E-state index < -0.39 is 5.54 Å². The monoisotopic (exact) mass is 265 g/mol. The zero-order chi connectivity index (χ0) is 13.9. The van der Waals surface area contributed by atoms with Crippen molar-refractivity contribution < 1.29 is 9.53 Å². The van der Waals surface area contributed by atoms with Crippen LogP contribution in [0.2, 0.25) is 0 Å². The van der Waals surface area contributed by atoms with Crippen LogP contribution in [0.1, 0.15) is 37.6 Å². The van der Waals surface area contributed by atoms with Gasteiger partial charge in [-0.2, -0.15) is 5.10 Å². The van der Waals surface area contributed by atoms with Crippen molar-refractivity contribution in [3.8, 4) is 0 Å². The minimum atomic E-state index is -0.453. The number of nitrogens with zero attached hydrogens (tertiary/aromatic N) is 3. The molecule has 2 rings (SSSR count). The molecule has 19 heavy (non-hydrogen) atoms. The summed E-state index contributed by atoms with van der Waals surface area (Å²) < 4.78 is 7.17. The summed E-state index contributed by atoms with van der Waals surface area (Å²) in [5.74, 6) is 0.164. The van der Waals surface area contributed by atoms with E-state index in [-0.39, 0.29) is 5.78 Å². The van der Waals surface area contributed by atoms with Crippen LogP contribution >= 0.6 is 0 Å². The summed E-state index contributed by atoms with van der Waals surface area (Å²) in [4.78, 5) is 15.0. The minimum absolute atomic E-state index is 0.164. The Labute approximate surface area is 114 Å². The van der Waals surface area contributed by atoms with E-state index in [2.05, 4.69) is 16.9 Å². The first kappa shape index (κ1) is 14.2. The average Bonchev–Trinajstić information content (AvgIpc) is 2.95. The van der Waals surface area contributed by atoms with Gasteiger partial charge in [-0.25, -0.2) is 0 Å². The molecule has 0 spiro atoms. The van der Waals surface area contributed by atoms with Gasteiger partial charge in [-0.05, 0) is 20.3 Å². The Balaban J connectivity index is 2.21. The van der Waals surface area contributed by atoms with Crippen LogP contribution < -0.4 is 0 Å². The predicted octanol–water partition coefficient (Wildman–Crippen LogP) is 1.59. The van der Waals surface area contributed by atoms with E-state index in [1.54, 1.807) is 10.9 Å². The molecule has 0 amide bonds. The Hall–Kier alpha value is -1.20. The lowest BCUT2D eigenvalue weighted by atomic mass is 9.87. The molecule has 0 N–H and O–H groups in total. The summed E-state index contributed by atoms with van der Waals surface area (Å²) >= 11 is 0. The molecule has 0 saturated carbocycles. The van der Waals surface area contributed by atoms with E-state index in [4.69, 9.17) is 4.74 Å². The van der Waals surface area contributed by atoms with Crippen LogP contribution in [0.4, 0.5) is 0 Å². The van der Waals surface area contributed by atoms with Crippen LogP contribution in [0.5, 0.6) is 0 Å². The summed E-state index contributed by atoms with van der Waals surface area (Å²) in [6.07, 6.45) is 4.32. The van der Waals surface area contributed by atoms with Gasteiger partial charge >= 0.3 is 0 Å². The second-order valence-corrected chi connectivity index (χ2v) is 5.14. The molecule has 1 atom stereocenters. The third kappa shape index (κ3) is 2.72. The third-order valence-corrected chi connectivity index (χ3v) is 4.11. The molecule has 1 saturated heterocycles. The number of aryl methyl sites for hydroxylation is 1. The molecule has 2 heterocycles. The molecule has 1 unspecified atom stereocenters. The lowest BCUT2D eigenvalue weighted by Crippen LogP contribution is -2.56. The quantitative estimate of drug-likeness (QED) is 0.759. The van der Waals surface area contributed by atoms with Crippen molar-refractivity contribution in [3.63, 3.8) is 0 Å². The smallest absolute Gasteiger partial charge is 0.185 e. The fraction of sp³-hybridized carbons (Fsp3) is 0.714. The van der Waals surface area contributed by atoms with Gasteiger partial charge in [0.25, 0.3) is 0 Å². The maximum atomic E-state index is 12.8. The van der Waals surface area contributed by atoms with Gasteiger partial charge < -0.3 is 4.74 Å². The topological polar surface area (TPSA) is 47.4 Å². The fourth-order valence-electron chi connectivity index (χ4n) is 2.55. The highest BCUT2D eigenvalue weighted by molar-refractivity contribution is 6.02. The highest BCUT2D eigenvalue weighted by Crippen LogP contribution is 2.25. The number of ketones is 1. The zero-order valence-corrected chi connectivity index (χ0v) is 12.1. The van der Waals surface area contributed by atoms with Crippen LogP contribution in [-0.2, 0) is 11.3 Å². The zero-order valence-electron chi connectivity index (χ0n) is 12.1. The van der Waals surface area contributed by atoms with Gasteiger partial charge in [0.15, 0.2) is 5.78 Å². The third-order valence-electron chi connectivity index (χ3n) is 4.11. The van der Waals surface area contributed by atoms with Crippen LogP contribution in [-0.4, -0.2) is 52.3 Å². The summed E-state index contributed by atoms with van der Waals surface area (Å²) in [5, 5.41) is 4.20. The lowest BCUT2D eigenvalue weighted by molar-refractivity contribution is -0.0106. The van der Waals surface area contributed by atoms with Crippen molar-refractivity contribution in [3.05, 3.63) is 18.0 Å². The number of aromatic nitrogens is 2. The number of carbonyl (C=O) groups is 1. The van der Waals surface area contributed by atoms with Gasteiger partial charge in [0.1, 0.15) is 0 Å². The molecule has 106 valence electrons. The van der Waals surface area contributed by atoms with Crippen molar-refractivity contribution >= 4 is 5.78 Å². The van der Waals surface area contributed by atoms with Crippen molar-refractivity contribution in [1.82, 2.24) is 14.7 Å². The van der Waals surface area contributed by atoms with Gasteiger partial charge in [0, 0.05) is 25.8 Å². The number of hydrogen-bond acceptors (Lipinski definition) is 4. The Bertz CT molecular complexity index is 438. The van der Waals surface area contributed by atoms with Crippen LogP contribution in [0, 0.1) is 0 Å². The largest absolute Gasteiger partial charge is 0.379 e. The molecule has 0 radical (unpaired) electrons. The second kappa shape index (κ2) is 5.84. The standard InChI is InChI=1S/C14H23N3O2/c1-4-14(3,16-6-8-19-9-7-16)13(18)12-10-15-17(5-2)11-12/h10-11H,4-9H2,1-3H3. The van der Waals surface area contributed by atoms with Crippen molar-refractivity contribution in [2.24, 2.45) is 0 Å². The molecule has 1 aromatic rings. The molecule has 1 fully saturated rings. The highest BCUT2D eigenvalue weighted by Gasteiger charge is 2.39. The highest BCUT2D eigenvalue weighted by atomic mass is 16.5. The van der Waals surface area contributed by atoms with Crippen LogP contribution in [0.15, 0.2) is 12.4 Å². The van der Waals surface area contributed by atoms with Gasteiger partial charge in [-0.1, -0.05) is 6.92 Å². The van der Waals surface area contributed by atoms with E-state index in [1.807, 2.05) is 20.0 Å². The van der Waals surface area contributed by atoms with Crippen LogP contribution in [0.3, 0.4) is 0 Å². The van der Waals surface area contributed by atoms with Gasteiger partial charge in [0.05, 0.1) is 30.5 Å². The molecular weight excluding hydrogens is 242 g/mol. The van der Waals surface area contributed by atoms with E-state index >= 15 is 0 Å². The van der Waals surface area contributed by atoms with Crippen molar-refractivity contribution in [2.75, 3.05) is 26.3 Å². The first-order chi connectivity index (χ1) is 9.11. The van der Waals surface area contributed by atoms with Crippen molar-refractivity contribution in [2.45, 2.75) is 39.3 Å². The Morgan fingerprint density at radius 2 is 2.11 bits per heavy atom. The normalized spacial score (nSPS) is 20.2. The Morgan fingerprint density at radius 3 is 2.63 bits per heavy atom. The summed E-state index contributed by atoms with van der Waals surface area (Å²) in [6.45, 7) is 9.95. The predicted molar refractivity (Wildman–Crippen MR) is 73.3 cm³/mol. The average molecular weight is 265 g/mol. The molecule has 0 bridgehead atoms. The Kier molecular flexibility index (Phi) is 4.37. The molecule has 1 aromatic heterocycles. The molecular formula is C14H23N3O2. The van der Waals surface area contributed by atoms with E-state index in [0.29, 0.717) is 18.8 Å². The molecule has 5 heteroatoms. The maximum Gasteiger partial charge on any atom is 0.185 e. The number of carbonyl (C=O) groups excluding carboxylic acids is 1. The fourth-order valence-corrected chi connectivity index (χ4v) is 2.55. The molecule has 5 nitrogen and oxygen atoms in total. The molecule has 1 aliphatic heterocycles. The SMILES string of the molecule is CCn1cc(C(=O)C(C)(CC)N2CCOCC2)cn1. The minimum Gasteiger partial charge on any atom is -0.379 e. The molecule has 1 aliphatic rings. The summed E-state index contributed by atoms with van der Waals surface area (Å²) in [5.41, 5.74) is 0.253. The first-order valence-electron chi connectivity index (χ1n) is 7.02. The number of ether oxygens (including phenoxy) is 1.